The first-order valence-electron chi connectivity index (χ1n) is 7.51. The van der Waals surface area contributed by atoms with Gasteiger partial charge in [0.2, 0.25) is 0 Å². The monoisotopic (exact) mass is 341 g/mol. The number of likely N-dealkylation sites (N-methyl/N-ethyl adjacent to an activating group) is 1. The number of nitro groups is 1. The summed E-state index contributed by atoms with van der Waals surface area (Å²) in [5.74, 6) is -0.125. The second-order valence-electron chi connectivity index (χ2n) is 5.60. The van der Waals surface area contributed by atoms with Crippen molar-refractivity contribution in [2.45, 2.75) is 13.0 Å². The zero-order chi connectivity index (χ0) is 18.1. The molecule has 0 bridgehead atoms. The molecule has 0 spiro atoms. The van der Waals surface area contributed by atoms with Crippen molar-refractivity contribution < 1.29 is 19.2 Å². The van der Waals surface area contributed by atoms with Crippen molar-refractivity contribution in [3.05, 3.63) is 58.1 Å². The minimum absolute atomic E-state index is 0.161. The van der Waals surface area contributed by atoms with Crippen molar-refractivity contribution in [2.75, 3.05) is 17.3 Å². The van der Waals surface area contributed by atoms with Crippen LogP contribution in [-0.2, 0) is 4.79 Å². The number of nitrogens with one attached hydrogen (secondary N) is 1. The molecule has 2 amide bonds. The number of benzene rings is 2. The number of hydrogen-bond donors (Lipinski definition) is 1. The molecule has 1 atom stereocenters. The van der Waals surface area contributed by atoms with Gasteiger partial charge in [0.05, 0.1) is 10.6 Å². The summed E-state index contributed by atoms with van der Waals surface area (Å²) in [4.78, 5) is 36.0. The summed E-state index contributed by atoms with van der Waals surface area (Å²) in [6.07, 6.45) is -0.567. The van der Waals surface area contributed by atoms with E-state index in [-0.39, 0.29) is 17.2 Å². The van der Waals surface area contributed by atoms with Gasteiger partial charge < -0.3 is 15.0 Å². The highest BCUT2D eigenvalue weighted by Crippen LogP contribution is 2.35. The Labute approximate surface area is 143 Å². The molecule has 25 heavy (non-hydrogen) atoms. The van der Waals surface area contributed by atoms with E-state index in [1.165, 1.54) is 29.2 Å². The SMILES string of the molecule is CC1Oc2ccc(NC(=O)c3cccc([N+](=O)[O-])c3)cc2N(C)C1=O. The Kier molecular flexibility index (Phi) is 4.10. The lowest BCUT2D eigenvalue weighted by Crippen LogP contribution is -2.41. The Balaban J connectivity index is 1.84. The fourth-order valence-electron chi connectivity index (χ4n) is 2.55. The molecule has 8 heteroatoms. The topological polar surface area (TPSA) is 102 Å². The maximum Gasteiger partial charge on any atom is 0.270 e. The van der Waals surface area contributed by atoms with Crippen molar-refractivity contribution in [1.29, 1.82) is 0 Å². The van der Waals surface area contributed by atoms with E-state index in [0.717, 1.165) is 0 Å². The average molecular weight is 341 g/mol. The summed E-state index contributed by atoms with van der Waals surface area (Å²) in [5, 5.41) is 13.5. The fourth-order valence-corrected chi connectivity index (χ4v) is 2.55. The highest BCUT2D eigenvalue weighted by molar-refractivity contribution is 6.06. The largest absolute Gasteiger partial charge is 0.479 e. The molecular formula is C17H15N3O5. The molecule has 0 saturated carbocycles. The number of hydrogen-bond acceptors (Lipinski definition) is 5. The molecule has 0 aromatic heterocycles. The number of amides is 2. The van der Waals surface area contributed by atoms with Crippen molar-refractivity contribution in [1.82, 2.24) is 0 Å². The molecule has 8 nitrogen and oxygen atoms in total. The predicted octanol–water partition coefficient (Wildman–Crippen LogP) is 2.59. The van der Waals surface area contributed by atoms with Gasteiger partial charge >= 0.3 is 0 Å². The van der Waals surface area contributed by atoms with Crippen LogP contribution in [0.25, 0.3) is 0 Å². The van der Waals surface area contributed by atoms with Gasteiger partial charge in [0.25, 0.3) is 17.5 Å². The van der Waals surface area contributed by atoms with Gasteiger partial charge in [-0.2, -0.15) is 0 Å². The van der Waals surface area contributed by atoms with Gasteiger partial charge in [-0.1, -0.05) is 6.07 Å². The van der Waals surface area contributed by atoms with E-state index in [4.69, 9.17) is 4.74 Å². The third kappa shape index (κ3) is 3.14. The normalized spacial score (nSPS) is 16.0. The van der Waals surface area contributed by atoms with Crippen molar-refractivity contribution in [3.8, 4) is 5.75 Å². The van der Waals surface area contributed by atoms with Gasteiger partial charge in [0, 0.05) is 30.4 Å². The molecular weight excluding hydrogens is 326 g/mol. The Morgan fingerprint density at radius 2 is 2.04 bits per heavy atom. The number of nitro benzene ring substituents is 1. The zero-order valence-corrected chi connectivity index (χ0v) is 13.6. The molecule has 0 radical (unpaired) electrons. The van der Waals surface area contributed by atoms with E-state index in [2.05, 4.69) is 5.32 Å². The van der Waals surface area contributed by atoms with Crippen LogP contribution >= 0.6 is 0 Å². The van der Waals surface area contributed by atoms with Gasteiger partial charge in [0.1, 0.15) is 5.75 Å². The maximum absolute atomic E-state index is 12.3. The number of carbonyl (C=O) groups is 2. The van der Waals surface area contributed by atoms with Crippen molar-refractivity contribution in [3.63, 3.8) is 0 Å². The number of ether oxygens (including phenoxy) is 1. The van der Waals surface area contributed by atoms with Crippen LogP contribution in [0.5, 0.6) is 5.75 Å². The summed E-state index contributed by atoms with van der Waals surface area (Å²) in [6, 6.07) is 10.4. The maximum atomic E-state index is 12.3. The van der Waals surface area contributed by atoms with E-state index in [1.807, 2.05) is 0 Å². The first-order valence-corrected chi connectivity index (χ1v) is 7.51. The zero-order valence-electron chi connectivity index (χ0n) is 13.6. The molecule has 128 valence electrons. The number of rotatable bonds is 3. The first-order chi connectivity index (χ1) is 11.9. The van der Waals surface area contributed by atoms with Crippen LogP contribution in [-0.4, -0.2) is 29.9 Å². The summed E-state index contributed by atoms with van der Waals surface area (Å²) in [6.45, 7) is 1.67. The summed E-state index contributed by atoms with van der Waals surface area (Å²) < 4.78 is 5.52. The van der Waals surface area contributed by atoms with E-state index in [9.17, 15) is 19.7 Å². The summed E-state index contributed by atoms with van der Waals surface area (Å²) >= 11 is 0. The summed E-state index contributed by atoms with van der Waals surface area (Å²) in [5.41, 5.74) is 1.00. The van der Waals surface area contributed by atoms with Crippen LogP contribution < -0.4 is 15.0 Å². The molecule has 2 aromatic rings. The third-order valence-electron chi connectivity index (χ3n) is 3.88. The molecule has 0 saturated heterocycles. The first kappa shape index (κ1) is 16.4. The van der Waals surface area contributed by atoms with Crippen LogP contribution in [0.1, 0.15) is 17.3 Å². The van der Waals surface area contributed by atoms with E-state index < -0.39 is 16.9 Å². The quantitative estimate of drug-likeness (QED) is 0.683. The van der Waals surface area contributed by atoms with Gasteiger partial charge in [-0.05, 0) is 31.2 Å². The lowest BCUT2D eigenvalue weighted by Gasteiger charge is -2.30. The number of non-ortho nitro benzene ring substituents is 1. The highest BCUT2D eigenvalue weighted by Gasteiger charge is 2.29. The molecule has 1 aliphatic rings. The van der Waals surface area contributed by atoms with Crippen LogP contribution in [0.2, 0.25) is 0 Å². The van der Waals surface area contributed by atoms with Gasteiger partial charge in [-0.15, -0.1) is 0 Å². The average Bonchev–Trinajstić information content (AvgIpc) is 2.60. The number of anilines is 2. The number of nitrogens with zero attached hydrogens (tertiary/aromatic N) is 2. The second-order valence-corrected chi connectivity index (χ2v) is 5.60. The Bertz CT molecular complexity index is 880. The molecule has 3 rings (SSSR count). The van der Waals surface area contributed by atoms with Crippen LogP contribution in [0.3, 0.4) is 0 Å². The van der Waals surface area contributed by atoms with Gasteiger partial charge in [-0.25, -0.2) is 0 Å². The smallest absolute Gasteiger partial charge is 0.270 e. The van der Waals surface area contributed by atoms with Gasteiger partial charge in [-0.3, -0.25) is 19.7 Å². The lowest BCUT2D eigenvalue weighted by molar-refractivity contribution is -0.384. The molecule has 2 aromatic carbocycles. The Hall–Kier alpha value is -3.42. The molecule has 1 unspecified atom stereocenters. The Morgan fingerprint density at radius 1 is 1.28 bits per heavy atom. The second kappa shape index (κ2) is 6.23. The van der Waals surface area contributed by atoms with E-state index in [0.29, 0.717) is 17.1 Å². The van der Waals surface area contributed by atoms with Crippen molar-refractivity contribution >= 4 is 28.9 Å². The minimum Gasteiger partial charge on any atom is -0.479 e. The number of fused-ring (bicyclic) bond motifs is 1. The molecule has 1 heterocycles. The Morgan fingerprint density at radius 3 is 2.76 bits per heavy atom. The fraction of sp³-hybridized carbons (Fsp3) is 0.176. The summed E-state index contributed by atoms with van der Waals surface area (Å²) in [7, 11) is 1.63. The lowest BCUT2D eigenvalue weighted by atomic mass is 10.1. The predicted molar refractivity (Wildman–Crippen MR) is 91.0 cm³/mol. The van der Waals surface area contributed by atoms with Crippen molar-refractivity contribution in [2.24, 2.45) is 0 Å². The van der Waals surface area contributed by atoms with E-state index in [1.54, 1.807) is 32.2 Å². The molecule has 0 aliphatic carbocycles. The van der Waals surface area contributed by atoms with Crippen LogP contribution in [0.4, 0.5) is 17.1 Å². The number of carbonyl (C=O) groups excluding carboxylic acids is 2. The van der Waals surface area contributed by atoms with Crippen LogP contribution in [0.15, 0.2) is 42.5 Å². The minimum atomic E-state index is -0.567. The molecule has 0 fully saturated rings. The highest BCUT2D eigenvalue weighted by atomic mass is 16.6. The third-order valence-corrected chi connectivity index (χ3v) is 3.88. The molecule has 1 N–H and O–H groups in total. The standard InChI is InChI=1S/C17H15N3O5/c1-10-17(22)19(2)14-9-12(6-7-15(14)25-10)18-16(21)11-4-3-5-13(8-11)20(23)24/h3-10H,1-2H3,(H,18,21). The van der Waals surface area contributed by atoms with E-state index >= 15 is 0 Å². The molecule has 1 aliphatic heterocycles. The van der Waals surface area contributed by atoms with Crippen LogP contribution in [0, 0.1) is 10.1 Å². The van der Waals surface area contributed by atoms with Gasteiger partial charge in [0.15, 0.2) is 6.10 Å².